The molecule has 5 nitrogen and oxygen atoms in total. The van der Waals surface area contributed by atoms with Gasteiger partial charge in [-0.15, -0.1) is 0 Å². The van der Waals surface area contributed by atoms with Crippen LogP contribution in [0.25, 0.3) is 0 Å². The lowest BCUT2D eigenvalue weighted by Crippen LogP contribution is -2.39. The van der Waals surface area contributed by atoms with E-state index in [2.05, 4.69) is 6.55 Å². The van der Waals surface area contributed by atoms with Gasteiger partial charge in [-0.3, -0.25) is 0 Å². The molecule has 6 heteroatoms. The van der Waals surface area contributed by atoms with Gasteiger partial charge in [-0.05, 0) is 24.3 Å². The second kappa shape index (κ2) is 7.28. The minimum Gasteiger partial charge on any atom is -0.504 e. The van der Waals surface area contributed by atoms with Crippen LogP contribution in [0, 0.1) is 0 Å². The molecule has 0 bridgehead atoms. The predicted octanol–water partition coefficient (Wildman–Crippen LogP) is 1.40. The first kappa shape index (κ1) is 17.0. The molecule has 2 rings (SSSR count). The van der Waals surface area contributed by atoms with Crippen molar-refractivity contribution < 1.29 is 24.1 Å². The van der Waals surface area contributed by atoms with Crippen molar-refractivity contribution in [2.75, 3.05) is 28.4 Å². The Kier molecular flexibility index (Phi) is 5.39. The molecule has 0 aliphatic rings. The molecule has 2 aromatic carbocycles. The quantitative estimate of drug-likeness (QED) is 0.809. The Morgan fingerprint density at radius 2 is 1.30 bits per heavy atom. The van der Waals surface area contributed by atoms with E-state index in [0.29, 0.717) is 23.0 Å². The van der Waals surface area contributed by atoms with Crippen LogP contribution in [0.2, 0.25) is 6.55 Å². The van der Waals surface area contributed by atoms with Gasteiger partial charge < -0.3 is 24.1 Å². The number of benzene rings is 2. The Bertz CT molecular complexity index is 662. The van der Waals surface area contributed by atoms with Crippen LogP contribution in [0.5, 0.6) is 28.7 Å². The van der Waals surface area contributed by atoms with Crippen LogP contribution in [0.3, 0.4) is 0 Å². The van der Waals surface area contributed by atoms with E-state index in [1.165, 1.54) is 7.11 Å². The smallest absolute Gasteiger partial charge is 0.203 e. The normalized spacial score (nSPS) is 11.7. The number of methoxy groups -OCH3 is 4. The molecule has 0 fully saturated rings. The number of hydrogen-bond donors (Lipinski definition) is 1. The number of hydrogen-bond acceptors (Lipinski definition) is 5. The van der Waals surface area contributed by atoms with Crippen molar-refractivity contribution in [2.24, 2.45) is 0 Å². The minimum atomic E-state index is -1.53. The fourth-order valence-electron chi connectivity index (χ4n) is 2.52. The molecule has 0 amide bonds. The van der Waals surface area contributed by atoms with E-state index >= 15 is 0 Å². The lowest BCUT2D eigenvalue weighted by molar-refractivity contribution is 0.325. The zero-order chi connectivity index (χ0) is 17.0. The molecule has 1 atom stereocenters. The highest BCUT2D eigenvalue weighted by Gasteiger charge is 2.19. The van der Waals surface area contributed by atoms with Crippen molar-refractivity contribution >= 4 is 19.2 Å². The first-order valence-corrected chi connectivity index (χ1v) is 9.53. The van der Waals surface area contributed by atoms with Gasteiger partial charge in [-0.2, -0.15) is 0 Å². The molecule has 0 spiro atoms. The fraction of sp³-hybridized carbons (Fsp3) is 0.294. The van der Waals surface area contributed by atoms with Crippen LogP contribution in [0.4, 0.5) is 0 Å². The fourth-order valence-corrected chi connectivity index (χ4v) is 4.50. The molecule has 0 radical (unpaired) electrons. The Labute approximate surface area is 138 Å². The number of aromatic hydroxyl groups is 1. The molecule has 124 valence electrons. The molecule has 2 aromatic rings. The largest absolute Gasteiger partial charge is 0.504 e. The molecule has 0 saturated heterocycles. The number of phenols is 1. The predicted molar refractivity (Wildman–Crippen MR) is 93.0 cm³/mol. The van der Waals surface area contributed by atoms with Crippen LogP contribution >= 0.6 is 0 Å². The summed E-state index contributed by atoms with van der Waals surface area (Å²) < 4.78 is 21.3. The van der Waals surface area contributed by atoms with Gasteiger partial charge in [0.2, 0.25) is 5.75 Å². The average molecular weight is 334 g/mol. The highest BCUT2D eigenvalue weighted by atomic mass is 28.3. The summed E-state index contributed by atoms with van der Waals surface area (Å²) in [6.45, 7) is 2.18. The molecular formula is C17H22O5Si. The Morgan fingerprint density at radius 3 is 1.74 bits per heavy atom. The van der Waals surface area contributed by atoms with E-state index in [1.807, 2.05) is 18.2 Å². The third kappa shape index (κ3) is 3.37. The van der Waals surface area contributed by atoms with Crippen molar-refractivity contribution in [3.05, 3.63) is 30.3 Å². The van der Waals surface area contributed by atoms with Gasteiger partial charge in [0, 0.05) is 0 Å². The lowest BCUT2D eigenvalue weighted by atomic mass is 10.3. The lowest BCUT2D eigenvalue weighted by Gasteiger charge is -2.18. The minimum absolute atomic E-state index is 0.150. The van der Waals surface area contributed by atoms with Gasteiger partial charge in [0.15, 0.2) is 23.0 Å². The van der Waals surface area contributed by atoms with E-state index in [-0.39, 0.29) is 5.75 Å². The maximum atomic E-state index is 10.00. The highest BCUT2D eigenvalue weighted by molar-refractivity contribution is 6.84. The zero-order valence-corrected chi connectivity index (χ0v) is 15.2. The summed E-state index contributed by atoms with van der Waals surface area (Å²) in [5.41, 5.74) is 0. The molecule has 0 aliphatic heterocycles. The molecule has 1 unspecified atom stereocenters. The van der Waals surface area contributed by atoms with E-state index in [9.17, 15) is 5.11 Å². The summed E-state index contributed by atoms with van der Waals surface area (Å²) in [6.07, 6.45) is 0. The van der Waals surface area contributed by atoms with Crippen LogP contribution in [0.1, 0.15) is 0 Å². The number of rotatable bonds is 6. The number of phenolic OH excluding ortho intramolecular Hbond substituents is 1. The van der Waals surface area contributed by atoms with Crippen LogP contribution in [-0.4, -0.2) is 42.3 Å². The maximum absolute atomic E-state index is 10.00. The first-order valence-electron chi connectivity index (χ1n) is 7.22. The van der Waals surface area contributed by atoms with Gasteiger partial charge >= 0.3 is 0 Å². The molecule has 0 saturated carbocycles. The van der Waals surface area contributed by atoms with E-state index in [1.54, 1.807) is 33.5 Å². The van der Waals surface area contributed by atoms with E-state index in [0.717, 1.165) is 10.4 Å². The number of ether oxygens (including phenoxy) is 4. The van der Waals surface area contributed by atoms with E-state index in [4.69, 9.17) is 18.9 Å². The van der Waals surface area contributed by atoms with Crippen molar-refractivity contribution in [3.8, 4) is 28.7 Å². The Balaban J connectivity index is 2.46. The topological polar surface area (TPSA) is 57.2 Å². The SMILES string of the molecule is COc1ccc([SiH](C)c2cc(OC)c(OC)c(OC)c2)cc1O. The molecule has 23 heavy (non-hydrogen) atoms. The van der Waals surface area contributed by atoms with Crippen LogP contribution < -0.4 is 29.3 Å². The summed E-state index contributed by atoms with van der Waals surface area (Å²) in [6, 6.07) is 9.47. The highest BCUT2D eigenvalue weighted by Crippen LogP contribution is 2.35. The summed E-state index contributed by atoms with van der Waals surface area (Å²) in [5, 5.41) is 12.2. The molecule has 0 aliphatic carbocycles. The van der Waals surface area contributed by atoms with Gasteiger partial charge in [0.1, 0.15) is 8.80 Å². The summed E-state index contributed by atoms with van der Waals surface area (Å²) in [5.74, 6) is 2.48. The summed E-state index contributed by atoms with van der Waals surface area (Å²) >= 11 is 0. The Hall–Kier alpha value is -2.34. The molecule has 0 heterocycles. The first-order chi connectivity index (χ1) is 11.0. The molecular weight excluding hydrogens is 312 g/mol. The summed E-state index contributed by atoms with van der Waals surface area (Å²) in [7, 11) is 4.80. The second-order valence-corrected chi connectivity index (χ2v) is 7.89. The van der Waals surface area contributed by atoms with Gasteiger partial charge in [-0.25, -0.2) is 0 Å². The van der Waals surface area contributed by atoms with Crippen molar-refractivity contribution in [2.45, 2.75) is 6.55 Å². The monoisotopic (exact) mass is 334 g/mol. The van der Waals surface area contributed by atoms with Crippen molar-refractivity contribution in [3.63, 3.8) is 0 Å². The van der Waals surface area contributed by atoms with Crippen molar-refractivity contribution in [1.29, 1.82) is 0 Å². The Morgan fingerprint density at radius 1 is 0.739 bits per heavy atom. The van der Waals surface area contributed by atoms with Crippen LogP contribution in [-0.2, 0) is 0 Å². The molecule has 0 aromatic heterocycles. The maximum Gasteiger partial charge on any atom is 0.203 e. The van der Waals surface area contributed by atoms with Gasteiger partial charge in [0.25, 0.3) is 0 Å². The average Bonchev–Trinajstić information content (AvgIpc) is 2.59. The third-order valence-electron chi connectivity index (χ3n) is 3.89. The van der Waals surface area contributed by atoms with Crippen LogP contribution in [0.15, 0.2) is 30.3 Å². The molecule has 1 N–H and O–H groups in total. The summed E-state index contributed by atoms with van der Waals surface area (Å²) in [4.78, 5) is 0. The third-order valence-corrected chi connectivity index (χ3v) is 6.58. The van der Waals surface area contributed by atoms with Crippen molar-refractivity contribution in [1.82, 2.24) is 0 Å². The second-order valence-electron chi connectivity index (χ2n) is 5.11. The van der Waals surface area contributed by atoms with Gasteiger partial charge in [0.05, 0.1) is 28.4 Å². The zero-order valence-electron chi connectivity index (χ0n) is 14.0. The van der Waals surface area contributed by atoms with E-state index < -0.39 is 8.80 Å². The standard InChI is InChI=1S/C17H22O5Si/c1-19-14-7-6-11(8-13(14)18)23(5)12-9-15(20-2)17(22-4)16(10-12)21-3/h6-10,18,23H,1-5H3. The van der Waals surface area contributed by atoms with Gasteiger partial charge in [-0.1, -0.05) is 23.0 Å².